The third-order valence-electron chi connectivity index (χ3n) is 0.945. The lowest BCUT2D eigenvalue weighted by molar-refractivity contribution is 0.329. The molecule has 0 rings (SSSR count). The Morgan fingerprint density at radius 1 is 1.67 bits per heavy atom. The molecule has 0 saturated carbocycles. The van der Waals surface area contributed by atoms with Crippen molar-refractivity contribution in [3.63, 3.8) is 0 Å². The van der Waals surface area contributed by atoms with E-state index in [0.29, 0.717) is 0 Å². The van der Waals surface area contributed by atoms with Gasteiger partial charge in [0.25, 0.3) is 0 Å². The summed E-state index contributed by atoms with van der Waals surface area (Å²) in [4.78, 5) is 0. The van der Waals surface area contributed by atoms with Gasteiger partial charge in [-0.15, -0.1) is 0 Å². The molecule has 0 N–H and O–H groups in total. The maximum absolute atomic E-state index is 4.95. The number of halogens is 1. The van der Waals surface area contributed by atoms with Crippen molar-refractivity contribution in [1.82, 2.24) is 0 Å². The van der Waals surface area contributed by atoms with Crippen LogP contribution >= 0.6 is 22.6 Å². The Labute approximate surface area is 70.6 Å². The highest BCUT2D eigenvalue weighted by Crippen LogP contribution is 2.10. The van der Waals surface area contributed by atoms with Crippen molar-refractivity contribution in [2.45, 2.75) is 20.3 Å². The van der Waals surface area contributed by atoms with Gasteiger partial charge in [-0.3, -0.25) is 0 Å². The number of hydrogen-bond donors (Lipinski definition) is 0. The molecular weight excluding hydrogens is 227 g/mol. The summed E-state index contributed by atoms with van der Waals surface area (Å²) in [7, 11) is 1.69. The molecule has 0 unspecified atom stereocenters. The molecule has 0 heterocycles. The Hall–Kier alpha value is 0.270. The number of hydrogen-bond acceptors (Lipinski definition) is 1. The SMILES string of the molecule is CO/C(I)=C\CC(C)C. The Balaban J connectivity index is 3.43. The summed E-state index contributed by atoms with van der Waals surface area (Å²) in [5.74, 6) is 0.727. The van der Waals surface area contributed by atoms with Crippen LogP contribution in [0.2, 0.25) is 0 Å². The molecule has 0 aromatic carbocycles. The van der Waals surface area contributed by atoms with Gasteiger partial charge in [-0.05, 0) is 41.0 Å². The molecule has 0 saturated heterocycles. The fourth-order valence-corrected chi connectivity index (χ4v) is 0.666. The zero-order valence-electron chi connectivity index (χ0n) is 6.15. The molecule has 1 nitrogen and oxygen atoms in total. The van der Waals surface area contributed by atoms with Gasteiger partial charge in [-0.1, -0.05) is 13.8 Å². The Morgan fingerprint density at radius 3 is 2.56 bits per heavy atom. The third-order valence-corrected chi connectivity index (χ3v) is 1.83. The summed E-state index contributed by atoms with van der Waals surface area (Å²) >= 11 is 2.18. The molecule has 9 heavy (non-hydrogen) atoms. The van der Waals surface area contributed by atoms with Crippen LogP contribution in [0.25, 0.3) is 0 Å². The van der Waals surface area contributed by atoms with E-state index in [2.05, 4.69) is 42.5 Å². The standard InChI is InChI=1S/C7H13IO/c1-6(2)4-5-7(8)9-3/h5-6H,4H2,1-3H3/b7-5-. The molecule has 2 heteroatoms. The van der Waals surface area contributed by atoms with Crippen molar-refractivity contribution in [3.05, 3.63) is 9.84 Å². The minimum absolute atomic E-state index is 0.727. The molecule has 0 amide bonds. The fraction of sp³-hybridized carbons (Fsp3) is 0.714. The summed E-state index contributed by atoms with van der Waals surface area (Å²) in [5.41, 5.74) is 0. The minimum atomic E-state index is 0.727. The lowest BCUT2D eigenvalue weighted by Crippen LogP contribution is -1.83. The van der Waals surface area contributed by atoms with Gasteiger partial charge in [0.05, 0.1) is 7.11 Å². The van der Waals surface area contributed by atoms with E-state index in [0.717, 1.165) is 16.1 Å². The van der Waals surface area contributed by atoms with E-state index in [1.165, 1.54) is 0 Å². The van der Waals surface area contributed by atoms with E-state index in [9.17, 15) is 0 Å². The van der Waals surface area contributed by atoms with Crippen molar-refractivity contribution in [3.8, 4) is 0 Å². The maximum Gasteiger partial charge on any atom is 0.152 e. The summed E-state index contributed by atoms with van der Waals surface area (Å²) in [6.07, 6.45) is 3.21. The van der Waals surface area contributed by atoms with Crippen LogP contribution in [0.15, 0.2) is 9.84 Å². The molecule has 0 aromatic rings. The molecule has 0 bridgehead atoms. The average Bonchev–Trinajstić information content (AvgIpc) is 1.83. The van der Waals surface area contributed by atoms with Gasteiger partial charge in [0.2, 0.25) is 0 Å². The van der Waals surface area contributed by atoms with Crippen molar-refractivity contribution >= 4 is 22.6 Å². The van der Waals surface area contributed by atoms with Crippen molar-refractivity contribution < 1.29 is 4.74 Å². The highest BCUT2D eigenvalue weighted by atomic mass is 127. The molecule has 0 atom stereocenters. The van der Waals surface area contributed by atoms with Crippen LogP contribution in [0.4, 0.5) is 0 Å². The molecule has 0 fully saturated rings. The van der Waals surface area contributed by atoms with E-state index in [-0.39, 0.29) is 0 Å². The van der Waals surface area contributed by atoms with Gasteiger partial charge in [-0.2, -0.15) is 0 Å². The number of allylic oxidation sites excluding steroid dienone is 1. The van der Waals surface area contributed by atoms with Gasteiger partial charge in [0, 0.05) is 0 Å². The van der Waals surface area contributed by atoms with E-state index in [1.54, 1.807) is 7.11 Å². The molecule has 0 aliphatic carbocycles. The quantitative estimate of drug-likeness (QED) is 0.544. The van der Waals surface area contributed by atoms with Crippen LogP contribution in [0.5, 0.6) is 0 Å². The molecule has 0 radical (unpaired) electrons. The summed E-state index contributed by atoms with van der Waals surface area (Å²) in [6.45, 7) is 4.38. The first kappa shape index (κ1) is 9.27. The highest BCUT2D eigenvalue weighted by molar-refractivity contribution is 14.1. The smallest absolute Gasteiger partial charge is 0.152 e. The Kier molecular flexibility index (Phi) is 5.24. The Bertz CT molecular complexity index is 97.1. The van der Waals surface area contributed by atoms with Crippen LogP contribution in [0, 0.1) is 5.92 Å². The topological polar surface area (TPSA) is 9.23 Å². The van der Waals surface area contributed by atoms with Crippen molar-refractivity contribution in [2.75, 3.05) is 7.11 Å². The first-order valence-corrected chi connectivity index (χ1v) is 4.14. The van der Waals surface area contributed by atoms with Crippen LogP contribution in [-0.2, 0) is 4.74 Å². The van der Waals surface area contributed by atoms with Crippen LogP contribution < -0.4 is 0 Å². The lowest BCUT2D eigenvalue weighted by atomic mass is 10.1. The van der Waals surface area contributed by atoms with Gasteiger partial charge < -0.3 is 4.74 Å². The van der Waals surface area contributed by atoms with E-state index < -0.39 is 0 Å². The molecule has 0 aliphatic heterocycles. The zero-order valence-corrected chi connectivity index (χ0v) is 8.31. The molecule has 54 valence electrons. The largest absolute Gasteiger partial charge is 0.491 e. The maximum atomic E-state index is 4.95. The summed E-state index contributed by atoms with van der Waals surface area (Å²) < 4.78 is 5.94. The zero-order chi connectivity index (χ0) is 7.28. The van der Waals surface area contributed by atoms with Crippen molar-refractivity contribution in [2.24, 2.45) is 5.92 Å². The second kappa shape index (κ2) is 5.09. The van der Waals surface area contributed by atoms with Gasteiger partial charge in [-0.25, -0.2) is 0 Å². The molecule has 0 spiro atoms. The molecule has 0 aliphatic rings. The van der Waals surface area contributed by atoms with Gasteiger partial charge in [0.1, 0.15) is 0 Å². The normalized spacial score (nSPS) is 12.3. The Morgan fingerprint density at radius 2 is 2.22 bits per heavy atom. The predicted molar refractivity (Wildman–Crippen MR) is 48.6 cm³/mol. The first-order valence-electron chi connectivity index (χ1n) is 3.06. The first-order chi connectivity index (χ1) is 4.16. The predicted octanol–water partition coefficient (Wildman–Crippen LogP) is 2.96. The minimum Gasteiger partial charge on any atom is -0.491 e. The summed E-state index contributed by atoms with van der Waals surface area (Å²) in [6, 6.07) is 0. The van der Waals surface area contributed by atoms with Crippen LogP contribution in [0.3, 0.4) is 0 Å². The average molecular weight is 240 g/mol. The molecule has 0 aromatic heterocycles. The fourth-order valence-electron chi connectivity index (χ4n) is 0.412. The van der Waals surface area contributed by atoms with Gasteiger partial charge >= 0.3 is 0 Å². The lowest BCUT2D eigenvalue weighted by Gasteiger charge is -1.99. The number of methoxy groups -OCH3 is 1. The van der Waals surface area contributed by atoms with E-state index in [1.807, 2.05) is 0 Å². The third kappa shape index (κ3) is 6.15. The second-order valence-corrected chi connectivity index (χ2v) is 3.41. The van der Waals surface area contributed by atoms with Crippen molar-refractivity contribution in [1.29, 1.82) is 0 Å². The van der Waals surface area contributed by atoms with E-state index in [4.69, 9.17) is 4.74 Å². The highest BCUT2D eigenvalue weighted by Gasteiger charge is 1.90. The summed E-state index contributed by atoms with van der Waals surface area (Å²) in [5, 5.41) is 0. The molecular formula is C7H13IO. The number of rotatable bonds is 3. The van der Waals surface area contributed by atoms with E-state index >= 15 is 0 Å². The monoisotopic (exact) mass is 240 g/mol. The van der Waals surface area contributed by atoms with Crippen LogP contribution in [0.1, 0.15) is 20.3 Å². The van der Waals surface area contributed by atoms with Gasteiger partial charge in [0.15, 0.2) is 3.77 Å². The number of ether oxygens (including phenoxy) is 1. The second-order valence-electron chi connectivity index (χ2n) is 2.34. The van der Waals surface area contributed by atoms with Crippen LogP contribution in [-0.4, -0.2) is 7.11 Å².